The highest BCUT2D eigenvalue weighted by Gasteiger charge is 2.25. The van der Waals surface area contributed by atoms with Crippen molar-refractivity contribution in [3.05, 3.63) is 0 Å². The van der Waals surface area contributed by atoms with Crippen LogP contribution in [0.2, 0.25) is 0 Å². The molecule has 0 unspecified atom stereocenters. The molecule has 4 atom stereocenters. The van der Waals surface area contributed by atoms with Crippen LogP contribution < -0.4 is 5.73 Å². The number of rotatable bonds is 4. The van der Waals surface area contributed by atoms with Gasteiger partial charge in [-0.25, -0.2) is 0 Å². The second-order valence-corrected chi connectivity index (χ2v) is 2.44. The highest BCUT2D eigenvalue weighted by molar-refractivity contribution is 5.57. The van der Waals surface area contributed by atoms with Crippen LogP contribution in [0.25, 0.3) is 0 Å². The molecule has 0 rings (SSSR count). The van der Waals surface area contributed by atoms with Gasteiger partial charge in [0.25, 0.3) is 0 Å². The predicted octanol–water partition coefficient (Wildman–Crippen LogP) is -2.38. The van der Waals surface area contributed by atoms with Gasteiger partial charge in [-0.3, -0.25) is 0 Å². The third-order valence-electron chi connectivity index (χ3n) is 1.42. The summed E-state index contributed by atoms with van der Waals surface area (Å²) in [5.41, 5.74) is 5.18. The zero-order valence-electron chi connectivity index (χ0n) is 6.21. The number of hydrogen-bond donors (Lipinski definition) is 4. The van der Waals surface area contributed by atoms with Gasteiger partial charge in [-0.1, -0.05) is 0 Å². The van der Waals surface area contributed by atoms with Gasteiger partial charge in [0, 0.05) is 0 Å². The maximum atomic E-state index is 9.95. The molecule has 5 nitrogen and oxygen atoms in total. The van der Waals surface area contributed by atoms with Crippen LogP contribution in [0.4, 0.5) is 0 Å². The van der Waals surface area contributed by atoms with Crippen molar-refractivity contribution in [3.63, 3.8) is 0 Å². The van der Waals surface area contributed by atoms with Gasteiger partial charge in [0.05, 0.1) is 18.2 Å². The molecule has 0 radical (unpaired) electrons. The molecule has 11 heavy (non-hydrogen) atoms. The van der Waals surface area contributed by atoms with Gasteiger partial charge in [0.1, 0.15) is 12.4 Å². The first-order chi connectivity index (χ1) is 5.00. The monoisotopic (exact) mass is 163 g/mol. The van der Waals surface area contributed by atoms with Crippen molar-refractivity contribution in [2.24, 2.45) is 5.73 Å². The number of nitrogens with two attached hydrogens (primary N) is 1. The zero-order chi connectivity index (χ0) is 9.02. The molecule has 0 fully saturated rings. The number of aliphatic hydroxyl groups is 3. The van der Waals surface area contributed by atoms with Crippen molar-refractivity contribution < 1.29 is 20.1 Å². The SMILES string of the molecule is C[C@H](O)[C@H](O)[C@H](N)[C@@H](O)C=O. The Morgan fingerprint density at radius 2 is 1.82 bits per heavy atom. The van der Waals surface area contributed by atoms with E-state index >= 15 is 0 Å². The molecular formula is C6H13NO4. The van der Waals surface area contributed by atoms with Crippen LogP contribution in [0.3, 0.4) is 0 Å². The van der Waals surface area contributed by atoms with Crippen molar-refractivity contribution in [1.29, 1.82) is 0 Å². The summed E-state index contributed by atoms with van der Waals surface area (Å²) in [6.07, 6.45) is -3.55. The molecule has 5 heteroatoms. The lowest BCUT2D eigenvalue weighted by Gasteiger charge is -2.22. The fourth-order valence-corrected chi connectivity index (χ4v) is 0.614. The first-order valence-corrected chi connectivity index (χ1v) is 3.25. The molecule has 66 valence electrons. The highest BCUT2D eigenvalue weighted by atomic mass is 16.3. The summed E-state index contributed by atoms with van der Waals surface area (Å²) in [6, 6.07) is -1.13. The third kappa shape index (κ3) is 2.94. The van der Waals surface area contributed by atoms with Crippen LogP contribution in [-0.2, 0) is 4.79 Å². The van der Waals surface area contributed by atoms with Crippen molar-refractivity contribution in [3.8, 4) is 0 Å². The number of aldehydes is 1. The van der Waals surface area contributed by atoms with E-state index in [0.717, 1.165) is 0 Å². The summed E-state index contributed by atoms with van der Waals surface area (Å²) in [5, 5.41) is 26.6. The molecule has 0 aliphatic carbocycles. The van der Waals surface area contributed by atoms with Crippen LogP contribution in [0.15, 0.2) is 0 Å². The minimum absolute atomic E-state index is 0.219. The molecule has 0 aromatic rings. The molecule has 0 spiro atoms. The minimum Gasteiger partial charge on any atom is -0.391 e. The zero-order valence-corrected chi connectivity index (χ0v) is 6.21. The Bertz CT molecular complexity index is 128. The Morgan fingerprint density at radius 1 is 1.36 bits per heavy atom. The quantitative estimate of drug-likeness (QED) is 0.346. The summed E-state index contributed by atoms with van der Waals surface area (Å²) in [5.74, 6) is 0. The normalized spacial score (nSPS) is 21.9. The van der Waals surface area contributed by atoms with E-state index in [1.165, 1.54) is 6.92 Å². The lowest BCUT2D eigenvalue weighted by Crippen LogP contribution is -2.50. The first-order valence-electron chi connectivity index (χ1n) is 3.25. The standard InChI is InChI=1S/C6H13NO4/c1-3(9)6(11)5(7)4(10)2-8/h2-6,9-11H,7H2,1H3/t3-,4-,5+,6-/m0/s1. The molecule has 0 aromatic heterocycles. The third-order valence-corrected chi connectivity index (χ3v) is 1.42. The molecule has 0 bridgehead atoms. The molecule has 0 aliphatic rings. The van der Waals surface area contributed by atoms with Gasteiger partial charge in [-0.15, -0.1) is 0 Å². The summed E-state index contributed by atoms with van der Waals surface area (Å²) < 4.78 is 0. The van der Waals surface area contributed by atoms with Crippen LogP contribution >= 0.6 is 0 Å². The van der Waals surface area contributed by atoms with Gasteiger partial charge < -0.3 is 25.8 Å². The number of aliphatic hydroxyl groups excluding tert-OH is 3. The molecule has 0 heterocycles. The summed E-state index contributed by atoms with van der Waals surface area (Å²) in [6.45, 7) is 1.32. The first kappa shape index (κ1) is 10.5. The smallest absolute Gasteiger partial charge is 0.150 e. The second kappa shape index (κ2) is 4.40. The Labute approximate surface area is 64.4 Å². The average molecular weight is 163 g/mol. The van der Waals surface area contributed by atoms with Gasteiger partial charge >= 0.3 is 0 Å². The number of carbonyl (C=O) groups is 1. The van der Waals surface area contributed by atoms with Gasteiger partial charge in [-0.2, -0.15) is 0 Å². The van der Waals surface area contributed by atoms with Crippen molar-refractivity contribution in [1.82, 2.24) is 0 Å². The van der Waals surface area contributed by atoms with Gasteiger partial charge in [0.2, 0.25) is 0 Å². The van der Waals surface area contributed by atoms with Crippen LogP contribution in [0.5, 0.6) is 0 Å². The molecule has 5 N–H and O–H groups in total. The van der Waals surface area contributed by atoms with E-state index in [2.05, 4.69) is 0 Å². The topological polar surface area (TPSA) is 104 Å². The van der Waals surface area contributed by atoms with E-state index in [1.54, 1.807) is 0 Å². The minimum atomic E-state index is -1.43. The number of hydrogen-bond acceptors (Lipinski definition) is 5. The summed E-state index contributed by atoms with van der Waals surface area (Å²) >= 11 is 0. The van der Waals surface area contributed by atoms with E-state index < -0.39 is 24.4 Å². The van der Waals surface area contributed by atoms with Crippen LogP contribution in [0.1, 0.15) is 6.92 Å². The molecule has 0 aromatic carbocycles. The van der Waals surface area contributed by atoms with Crippen molar-refractivity contribution >= 4 is 6.29 Å². The molecule has 0 saturated heterocycles. The summed E-state index contributed by atoms with van der Waals surface area (Å²) in [7, 11) is 0. The predicted molar refractivity (Wildman–Crippen MR) is 37.7 cm³/mol. The number of carbonyl (C=O) groups excluding carboxylic acids is 1. The van der Waals surface area contributed by atoms with E-state index in [4.69, 9.17) is 21.1 Å². The van der Waals surface area contributed by atoms with Crippen LogP contribution in [0, 0.1) is 0 Å². The summed E-state index contributed by atoms with van der Waals surface area (Å²) in [4.78, 5) is 9.95. The molecule has 0 saturated carbocycles. The van der Waals surface area contributed by atoms with E-state index in [9.17, 15) is 4.79 Å². The second-order valence-electron chi connectivity index (χ2n) is 2.44. The fraction of sp³-hybridized carbons (Fsp3) is 0.833. The maximum Gasteiger partial charge on any atom is 0.150 e. The average Bonchev–Trinajstić information content (AvgIpc) is 2.00. The Hall–Kier alpha value is -0.490. The Morgan fingerprint density at radius 3 is 2.09 bits per heavy atom. The highest BCUT2D eigenvalue weighted by Crippen LogP contribution is 2.00. The lowest BCUT2D eigenvalue weighted by atomic mass is 10.0. The van der Waals surface area contributed by atoms with Crippen LogP contribution in [-0.4, -0.2) is 46.0 Å². The Balaban J connectivity index is 4.00. The van der Waals surface area contributed by atoms with E-state index in [0.29, 0.717) is 0 Å². The maximum absolute atomic E-state index is 9.95. The largest absolute Gasteiger partial charge is 0.391 e. The molecule has 0 aliphatic heterocycles. The molecule has 0 amide bonds. The van der Waals surface area contributed by atoms with Gasteiger partial charge in [0.15, 0.2) is 0 Å². The molecular weight excluding hydrogens is 150 g/mol. The van der Waals surface area contributed by atoms with Crippen molar-refractivity contribution in [2.75, 3.05) is 0 Å². The van der Waals surface area contributed by atoms with E-state index in [-0.39, 0.29) is 6.29 Å². The lowest BCUT2D eigenvalue weighted by molar-refractivity contribution is -0.118. The fourth-order valence-electron chi connectivity index (χ4n) is 0.614. The van der Waals surface area contributed by atoms with Crippen molar-refractivity contribution in [2.45, 2.75) is 31.3 Å². The van der Waals surface area contributed by atoms with Gasteiger partial charge in [-0.05, 0) is 6.92 Å². The Kier molecular flexibility index (Phi) is 4.20. The van der Waals surface area contributed by atoms with E-state index in [1.807, 2.05) is 0 Å².